The van der Waals surface area contributed by atoms with Gasteiger partial charge in [0.2, 0.25) is 0 Å². The number of hydrogen-bond donors (Lipinski definition) is 1. The zero-order valence-electron chi connectivity index (χ0n) is 34.6. The number of likely N-dealkylation sites (N-methyl/N-ethyl adjacent to an activating group) is 1. The minimum absolute atomic E-state index is 0.00379. The number of cyclic esters (lactones) is 1. The first-order valence-corrected chi connectivity index (χ1v) is 19.9. The van der Waals surface area contributed by atoms with Gasteiger partial charge in [-0.05, 0) is 84.3 Å². The van der Waals surface area contributed by atoms with Gasteiger partial charge in [0.1, 0.15) is 23.6 Å². The molecule has 0 saturated carbocycles. The number of nitrogens with zero attached hydrogens (tertiary/aromatic N) is 2. The molecular weight excluding hydrogens is 719 g/mol. The Morgan fingerprint density at radius 3 is 2.46 bits per heavy atom. The van der Waals surface area contributed by atoms with Gasteiger partial charge in [-0.3, -0.25) is 14.6 Å². The lowest BCUT2D eigenvalue weighted by molar-refractivity contribution is -0.297. The lowest BCUT2D eigenvalue weighted by Gasteiger charge is -2.47. The van der Waals surface area contributed by atoms with E-state index in [1.165, 1.54) is 6.92 Å². The minimum Gasteiger partial charge on any atom is -0.457 e. The molecule has 3 aliphatic rings. The Bertz CT molecular complexity index is 1800. The number of ketones is 2. The molecule has 5 rings (SSSR count). The van der Waals surface area contributed by atoms with E-state index >= 15 is 4.39 Å². The zero-order chi connectivity index (χ0) is 41.3. The molecule has 3 aliphatic heterocycles. The van der Waals surface area contributed by atoms with Crippen LogP contribution < -0.4 is 0 Å². The summed E-state index contributed by atoms with van der Waals surface area (Å²) in [4.78, 5) is 49.2. The van der Waals surface area contributed by atoms with Gasteiger partial charge in [-0.25, -0.2) is 9.18 Å². The Hall–Kier alpha value is -3.39. The maximum absolute atomic E-state index is 16.9. The summed E-state index contributed by atoms with van der Waals surface area (Å²) in [7, 11) is 3.68. The van der Waals surface area contributed by atoms with Gasteiger partial charge >= 0.3 is 5.97 Å². The Labute approximate surface area is 330 Å². The molecule has 0 amide bonds. The number of Topliss-reactive ketones (excluding diaryl/α,β-unsaturated/α-hetero) is 2. The Morgan fingerprint density at radius 2 is 1.79 bits per heavy atom. The molecule has 0 aliphatic carbocycles. The molecule has 308 valence electrons. The van der Waals surface area contributed by atoms with Crippen LogP contribution in [-0.4, -0.2) is 113 Å². The molecule has 13 atom stereocenters. The fraction of sp³-hybridized carbons (Fsp3) is 0.636. The van der Waals surface area contributed by atoms with Crippen molar-refractivity contribution in [2.45, 2.75) is 128 Å². The smallest absolute Gasteiger partial charge is 0.351 e. The van der Waals surface area contributed by atoms with Crippen molar-refractivity contribution >= 4 is 34.5 Å². The quantitative estimate of drug-likeness (QED) is 0.184. The Morgan fingerprint density at radius 1 is 1.09 bits per heavy atom. The van der Waals surface area contributed by atoms with Crippen LogP contribution in [0, 0.1) is 23.7 Å². The van der Waals surface area contributed by atoms with E-state index < -0.39 is 76.9 Å². The average molecular weight is 781 g/mol. The number of benzene rings is 1. The van der Waals surface area contributed by atoms with Crippen LogP contribution in [0.5, 0.6) is 0 Å². The zero-order valence-corrected chi connectivity index (χ0v) is 34.6. The normalized spacial score (nSPS) is 39.2. The molecule has 1 aromatic carbocycles. The van der Waals surface area contributed by atoms with E-state index in [-0.39, 0.29) is 44.0 Å². The number of hydrogen-bond acceptors (Lipinski definition) is 11. The van der Waals surface area contributed by atoms with E-state index in [1.807, 2.05) is 69.3 Å². The SMILES string of the molecule is C=C1CO[C@]2(C)[C@@H](CC)OC(=O)C(C)(F)C(=O)[C@H](C)[C@@H](O[C@@H]3O[C@H](C)C[C@H](N(C)C)[C@H]3O)[C@](C)(OC/C=C/c3cnc4ccccc4c3)CC(C)C(=O)C(C)[C@H]12. The average Bonchev–Trinajstić information content (AvgIpc) is 3.47. The summed E-state index contributed by atoms with van der Waals surface area (Å²) >= 11 is 0. The summed E-state index contributed by atoms with van der Waals surface area (Å²) in [6, 6.07) is 9.41. The van der Waals surface area contributed by atoms with Crippen LogP contribution in [0.15, 0.2) is 54.8 Å². The second-order valence-corrected chi connectivity index (χ2v) is 17.0. The number of para-hydroxylation sites is 1. The van der Waals surface area contributed by atoms with Gasteiger partial charge in [-0.15, -0.1) is 0 Å². The molecule has 11 nitrogen and oxygen atoms in total. The molecule has 12 heteroatoms. The highest BCUT2D eigenvalue weighted by Gasteiger charge is 2.58. The summed E-state index contributed by atoms with van der Waals surface area (Å²) < 4.78 is 48.5. The second-order valence-electron chi connectivity index (χ2n) is 17.0. The molecule has 1 aromatic heterocycles. The molecule has 4 heterocycles. The molecule has 0 bridgehead atoms. The first-order chi connectivity index (χ1) is 26.2. The summed E-state index contributed by atoms with van der Waals surface area (Å²) in [6.07, 6.45) is 1.16. The van der Waals surface area contributed by atoms with Gasteiger partial charge in [0.25, 0.3) is 5.67 Å². The predicted octanol–water partition coefficient (Wildman–Crippen LogP) is 6.30. The van der Waals surface area contributed by atoms with Crippen LogP contribution in [0.4, 0.5) is 4.39 Å². The Kier molecular flexibility index (Phi) is 13.4. The number of aromatic nitrogens is 1. The maximum atomic E-state index is 16.9. The second kappa shape index (κ2) is 17.2. The number of fused-ring (bicyclic) bond motifs is 2. The highest BCUT2D eigenvalue weighted by molar-refractivity contribution is 6.07. The number of aliphatic hydroxyl groups is 1. The number of pyridine rings is 1. The van der Waals surface area contributed by atoms with Crippen molar-refractivity contribution in [3.63, 3.8) is 0 Å². The van der Waals surface area contributed by atoms with Gasteiger partial charge in [0, 0.05) is 41.3 Å². The van der Waals surface area contributed by atoms with Crippen molar-refractivity contribution in [1.29, 1.82) is 0 Å². The van der Waals surface area contributed by atoms with Crippen LogP contribution in [0.3, 0.4) is 0 Å². The monoisotopic (exact) mass is 780 g/mol. The van der Waals surface area contributed by atoms with Crippen molar-refractivity contribution in [1.82, 2.24) is 9.88 Å². The van der Waals surface area contributed by atoms with Crippen LogP contribution in [0.2, 0.25) is 0 Å². The fourth-order valence-corrected chi connectivity index (χ4v) is 9.26. The lowest BCUT2D eigenvalue weighted by atomic mass is 9.69. The molecule has 2 aromatic rings. The standard InChI is InChI=1S/C44H61FN2O9/c1-12-34-44(9)35(26(3)24-53-44)28(5)36(48)25(2)22-42(7,52-19-15-16-30-21-31-17-13-14-18-32(31)46-23-30)39(29(6)38(50)43(8,45)41(51)55-34)56-40-37(49)33(47(10)11)20-27(4)54-40/h13-18,21,23,25,27-29,33-35,37,39-40,49H,3,12,19-20,22,24H2,1-2,4-11H3/b16-15+/t25?,27-,28?,29+,33+,34-,35+,37-,39-,40+,42-,43?,44-/m1/s1. The number of carbonyl (C=O) groups excluding carboxylic acids is 3. The van der Waals surface area contributed by atoms with Gasteiger partial charge in [0.15, 0.2) is 12.1 Å². The minimum atomic E-state index is -3.11. The third-order valence-electron chi connectivity index (χ3n) is 12.3. The van der Waals surface area contributed by atoms with Gasteiger partial charge in [-0.2, -0.15) is 0 Å². The molecule has 0 spiro atoms. The summed E-state index contributed by atoms with van der Waals surface area (Å²) in [5, 5.41) is 12.5. The van der Waals surface area contributed by atoms with Crippen LogP contribution in [-0.2, 0) is 38.1 Å². The van der Waals surface area contributed by atoms with Crippen molar-refractivity contribution in [3.8, 4) is 0 Å². The third-order valence-corrected chi connectivity index (χ3v) is 12.3. The molecule has 0 radical (unpaired) electrons. The lowest BCUT2D eigenvalue weighted by Crippen LogP contribution is -2.61. The molecule has 3 unspecified atom stereocenters. The van der Waals surface area contributed by atoms with Crippen molar-refractivity contribution in [3.05, 3.63) is 60.3 Å². The van der Waals surface area contributed by atoms with Crippen LogP contribution >= 0.6 is 0 Å². The molecular formula is C44H61FN2O9. The van der Waals surface area contributed by atoms with Gasteiger partial charge in [-0.1, -0.05) is 64.6 Å². The number of alkyl halides is 1. The van der Waals surface area contributed by atoms with E-state index in [1.54, 1.807) is 40.0 Å². The predicted molar refractivity (Wildman–Crippen MR) is 211 cm³/mol. The van der Waals surface area contributed by atoms with E-state index in [2.05, 4.69) is 11.6 Å². The molecule has 3 saturated heterocycles. The van der Waals surface area contributed by atoms with E-state index in [0.29, 0.717) is 12.0 Å². The van der Waals surface area contributed by atoms with Crippen LogP contribution in [0.25, 0.3) is 17.0 Å². The third kappa shape index (κ3) is 8.71. The number of esters is 1. The maximum Gasteiger partial charge on any atom is 0.351 e. The van der Waals surface area contributed by atoms with Crippen LogP contribution in [0.1, 0.15) is 80.2 Å². The van der Waals surface area contributed by atoms with Gasteiger partial charge < -0.3 is 33.7 Å². The number of halogens is 1. The molecule has 56 heavy (non-hydrogen) atoms. The molecule has 1 N–H and O–H groups in total. The highest BCUT2D eigenvalue weighted by atomic mass is 19.1. The van der Waals surface area contributed by atoms with Crippen molar-refractivity contribution in [2.24, 2.45) is 23.7 Å². The van der Waals surface area contributed by atoms with E-state index in [4.69, 9.17) is 23.7 Å². The topological polar surface area (TPSA) is 134 Å². The largest absolute Gasteiger partial charge is 0.457 e. The van der Waals surface area contributed by atoms with Crippen molar-refractivity contribution in [2.75, 3.05) is 27.3 Å². The van der Waals surface area contributed by atoms with Crippen molar-refractivity contribution < 1.29 is 47.6 Å². The number of rotatable bonds is 8. The summed E-state index contributed by atoms with van der Waals surface area (Å²) in [5.41, 5.74) is -3.43. The number of carbonyl (C=O) groups is 3. The van der Waals surface area contributed by atoms with E-state index in [0.717, 1.165) is 23.4 Å². The van der Waals surface area contributed by atoms with Gasteiger partial charge in [0.05, 0.1) is 36.5 Å². The summed E-state index contributed by atoms with van der Waals surface area (Å²) in [5.74, 6) is -5.78. The fourth-order valence-electron chi connectivity index (χ4n) is 9.26. The Balaban J connectivity index is 1.59. The number of ether oxygens (including phenoxy) is 5. The summed E-state index contributed by atoms with van der Waals surface area (Å²) in [6.45, 7) is 17.5. The number of aliphatic hydroxyl groups excluding tert-OH is 1. The van der Waals surface area contributed by atoms with E-state index in [9.17, 15) is 19.5 Å². The first-order valence-electron chi connectivity index (χ1n) is 19.9. The highest BCUT2D eigenvalue weighted by Crippen LogP contribution is 2.47. The first kappa shape index (κ1) is 43.7. The molecule has 3 fully saturated rings.